The number of ether oxygens (including phenoxy) is 1. The summed E-state index contributed by atoms with van der Waals surface area (Å²) in [6.45, 7) is 3.52. The third-order valence-corrected chi connectivity index (χ3v) is 4.67. The summed E-state index contributed by atoms with van der Waals surface area (Å²) < 4.78 is 5.58. The van der Waals surface area contributed by atoms with E-state index < -0.39 is 6.10 Å². The van der Waals surface area contributed by atoms with Crippen molar-refractivity contribution < 1.29 is 14.3 Å². The number of aromatic nitrogens is 1. The molecule has 0 unspecified atom stereocenters. The number of para-hydroxylation sites is 2. The first-order chi connectivity index (χ1) is 11.0. The van der Waals surface area contributed by atoms with Crippen LogP contribution < -0.4 is 14.5 Å². The quantitative estimate of drug-likeness (QED) is 0.865. The fraction of sp³-hybridized carbons (Fsp3) is 0.312. The van der Waals surface area contributed by atoms with Crippen LogP contribution in [0, 0.1) is 6.92 Å². The number of thiazole rings is 1. The van der Waals surface area contributed by atoms with Gasteiger partial charge < -0.3 is 4.74 Å². The first-order valence-electron chi connectivity index (χ1n) is 7.23. The number of rotatable bonds is 3. The Morgan fingerprint density at radius 2 is 2.17 bits per heavy atom. The molecule has 7 heteroatoms. The van der Waals surface area contributed by atoms with E-state index in [9.17, 15) is 9.59 Å². The largest absolute Gasteiger partial charge is 0.479 e. The molecule has 1 aromatic heterocycles. The average Bonchev–Trinajstić information content (AvgIpc) is 2.97. The molecule has 2 aromatic rings. The zero-order valence-corrected chi connectivity index (χ0v) is 14.0. The lowest BCUT2D eigenvalue weighted by Gasteiger charge is -2.33. The molecule has 0 N–H and O–H groups in total. The summed E-state index contributed by atoms with van der Waals surface area (Å²) in [5, 5.41) is 2.51. The lowest BCUT2D eigenvalue weighted by molar-refractivity contribution is -0.127. The molecule has 1 aromatic carbocycles. The number of hydrogen-bond donors (Lipinski definition) is 0. The molecule has 0 saturated carbocycles. The maximum Gasteiger partial charge on any atom is 0.268 e. The summed E-state index contributed by atoms with van der Waals surface area (Å²) in [6, 6.07) is 7.23. The zero-order chi connectivity index (χ0) is 16.6. The number of likely N-dealkylation sites (N-methyl/N-ethyl adjacent to an activating group) is 1. The van der Waals surface area contributed by atoms with E-state index in [2.05, 4.69) is 4.98 Å². The summed E-state index contributed by atoms with van der Waals surface area (Å²) in [5.41, 5.74) is 1.48. The highest BCUT2D eigenvalue weighted by Crippen LogP contribution is 2.33. The second kappa shape index (κ2) is 6.00. The van der Waals surface area contributed by atoms with Gasteiger partial charge in [0.05, 0.1) is 11.4 Å². The second-order valence-corrected chi connectivity index (χ2v) is 6.21. The molecule has 0 radical (unpaired) electrons. The minimum Gasteiger partial charge on any atom is -0.479 e. The summed E-state index contributed by atoms with van der Waals surface area (Å²) in [4.78, 5) is 32.2. The molecule has 2 heterocycles. The number of hydrogen-bond acceptors (Lipinski definition) is 5. The van der Waals surface area contributed by atoms with Gasteiger partial charge in [0.25, 0.3) is 5.91 Å². The van der Waals surface area contributed by atoms with Gasteiger partial charge in [0.1, 0.15) is 12.3 Å². The molecule has 120 valence electrons. The van der Waals surface area contributed by atoms with E-state index in [-0.39, 0.29) is 18.4 Å². The van der Waals surface area contributed by atoms with Crippen LogP contribution in [-0.4, -0.2) is 36.5 Å². The van der Waals surface area contributed by atoms with Gasteiger partial charge >= 0.3 is 0 Å². The minimum absolute atomic E-state index is 0.0430. The van der Waals surface area contributed by atoms with Gasteiger partial charge in [-0.3, -0.25) is 19.4 Å². The molecule has 1 aliphatic heterocycles. The Balaban J connectivity index is 1.83. The predicted molar refractivity (Wildman–Crippen MR) is 89.1 cm³/mol. The Hall–Kier alpha value is -2.41. The van der Waals surface area contributed by atoms with Gasteiger partial charge in [-0.25, -0.2) is 4.98 Å². The highest BCUT2D eigenvalue weighted by Gasteiger charge is 2.33. The number of nitrogens with zero attached hydrogens (tertiary/aromatic N) is 3. The molecule has 3 rings (SSSR count). The molecule has 1 atom stereocenters. The Morgan fingerprint density at radius 3 is 2.87 bits per heavy atom. The van der Waals surface area contributed by atoms with Crippen molar-refractivity contribution in [1.29, 1.82) is 0 Å². The monoisotopic (exact) mass is 331 g/mol. The zero-order valence-electron chi connectivity index (χ0n) is 13.1. The van der Waals surface area contributed by atoms with E-state index in [4.69, 9.17) is 4.74 Å². The lowest BCUT2D eigenvalue weighted by atomic mass is 10.2. The molecule has 0 fully saturated rings. The van der Waals surface area contributed by atoms with E-state index in [1.807, 2.05) is 24.4 Å². The van der Waals surface area contributed by atoms with Crippen molar-refractivity contribution in [2.45, 2.75) is 20.0 Å². The van der Waals surface area contributed by atoms with E-state index in [0.717, 1.165) is 5.69 Å². The summed E-state index contributed by atoms with van der Waals surface area (Å²) in [7, 11) is 1.67. The van der Waals surface area contributed by atoms with Crippen molar-refractivity contribution in [1.82, 2.24) is 4.98 Å². The van der Waals surface area contributed by atoms with Crippen molar-refractivity contribution in [3.05, 3.63) is 35.3 Å². The molecule has 0 aliphatic carbocycles. The smallest absolute Gasteiger partial charge is 0.268 e. The summed E-state index contributed by atoms with van der Waals surface area (Å²) in [5.74, 6) is 0.192. The van der Waals surface area contributed by atoms with Crippen LogP contribution in [-0.2, 0) is 9.59 Å². The number of carbonyl (C=O) groups excluding carboxylic acids is 2. The van der Waals surface area contributed by atoms with E-state index >= 15 is 0 Å². The van der Waals surface area contributed by atoms with Crippen molar-refractivity contribution in [2.24, 2.45) is 0 Å². The number of anilines is 2. The van der Waals surface area contributed by atoms with E-state index in [0.29, 0.717) is 16.6 Å². The van der Waals surface area contributed by atoms with Crippen LogP contribution in [0.15, 0.2) is 29.6 Å². The first-order valence-corrected chi connectivity index (χ1v) is 8.11. The first kappa shape index (κ1) is 15.5. The summed E-state index contributed by atoms with van der Waals surface area (Å²) in [6.07, 6.45) is -0.606. The van der Waals surface area contributed by atoms with Gasteiger partial charge in [-0.1, -0.05) is 12.1 Å². The molecule has 0 spiro atoms. The Kier molecular flexibility index (Phi) is 4.04. The number of amides is 2. The van der Waals surface area contributed by atoms with Crippen LogP contribution in [0.4, 0.5) is 10.8 Å². The van der Waals surface area contributed by atoms with Crippen LogP contribution in [0.5, 0.6) is 5.75 Å². The van der Waals surface area contributed by atoms with Gasteiger partial charge in [0, 0.05) is 12.4 Å². The minimum atomic E-state index is -0.606. The van der Waals surface area contributed by atoms with Crippen LogP contribution in [0.2, 0.25) is 0 Å². The third-order valence-electron chi connectivity index (χ3n) is 3.63. The van der Waals surface area contributed by atoms with Crippen molar-refractivity contribution >= 4 is 34.0 Å². The Bertz CT molecular complexity index is 759. The molecular formula is C16H17N3O3S. The standard InChI is InChI=1S/C16H17N3O3S/c1-10-9-23-16(17-10)18(3)14(20)8-19-12-6-4-5-7-13(12)22-11(2)15(19)21/h4-7,9,11H,8H2,1-3H3/t11-/m1/s1. The summed E-state index contributed by atoms with van der Waals surface area (Å²) >= 11 is 1.40. The molecular weight excluding hydrogens is 314 g/mol. The lowest BCUT2D eigenvalue weighted by Crippen LogP contribution is -2.49. The topological polar surface area (TPSA) is 62.7 Å². The fourth-order valence-electron chi connectivity index (χ4n) is 2.37. The second-order valence-electron chi connectivity index (χ2n) is 5.38. The number of carbonyl (C=O) groups is 2. The predicted octanol–water partition coefficient (Wildman–Crippen LogP) is 2.23. The number of aryl methyl sites for hydroxylation is 1. The van der Waals surface area contributed by atoms with Gasteiger partial charge in [0.15, 0.2) is 11.2 Å². The van der Waals surface area contributed by atoms with Crippen LogP contribution in [0.3, 0.4) is 0 Å². The SMILES string of the molecule is Cc1csc(N(C)C(=O)CN2C(=O)[C@@H](C)Oc3ccccc32)n1. The fourth-order valence-corrected chi connectivity index (χ4v) is 3.15. The molecule has 0 bridgehead atoms. The molecule has 6 nitrogen and oxygen atoms in total. The maximum atomic E-state index is 12.5. The highest BCUT2D eigenvalue weighted by atomic mass is 32.1. The highest BCUT2D eigenvalue weighted by molar-refractivity contribution is 7.14. The Morgan fingerprint density at radius 1 is 1.43 bits per heavy atom. The van der Waals surface area contributed by atoms with Crippen molar-refractivity contribution in [3.8, 4) is 5.75 Å². The van der Waals surface area contributed by atoms with Crippen molar-refractivity contribution in [3.63, 3.8) is 0 Å². The molecule has 0 saturated heterocycles. The maximum absolute atomic E-state index is 12.5. The van der Waals surface area contributed by atoms with Gasteiger partial charge in [-0.05, 0) is 26.0 Å². The number of fused-ring (bicyclic) bond motifs is 1. The van der Waals surface area contributed by atoms with Crippen LogP contribution in [0.1, 0.15) is 12.6 Å². The number of benzene rings is 1. The van der Waals surface area contributed by atoms with Crippen LogP contribution >= 0.6 is 11.3 Å². The molecule has 23 heavy (non-hydrogen) atoms. The Labute approximate surface area is 138 Å². The normalized spacial score (nSPS) is 16.7. The van der Waals surface area contributed by atoms with Gasteiger partial charge in [0.2, 0.25) is 5.91 Å². The molecule has 1 aliphatic rings. The van der Waals surface area contributed by atoms with Gasteiger partial charge in [-0.15, -0.1) is 11.3 Å². The van der Waals surface area contributed by atoms with Gasteiger partial charge in [-0.2, -0.15) is 0 Å². The average molecular weight is 331 g/mol. The molecule has 2 amide bonds. The van der Waals surface area contributed by atoms with E-state index in [1.165, 1.54) is 21.1 Å². The van der Waals surface area contributed by atoms with Crippen molar-refractivity contribution in [2.75, 3.05) is 23.4 Å². The van der Waals surface area contributed by atoms with E-state index in [1.54, 1.807) is 26.1 Å². The van der Waals surface area contributed by atoms with Crippen LogP contribution in [0.25, 0.3) is 0 Å². The third kappa shape index (κ3) is 2.92.